The van der Waals surface area contributed by atoms with E-state index in [2.05, 4.69) is 10.2 Å². The molecule has 0 radical (unpaired) electrons. The summed E-state index contributed by atoms with van der Waals surface area (Å²) in [5.41, 5.74) is 1.94. The first-order valence-corrected chi connectivity index (χ1v) is 4.36. The fourth-order valence-electron chi connectivity index (χ4n) is 1.84. The van der Waals surface area contributed by atoms with Crippen molar-refractivity contribution in [2.24, 2.45) is 0 Å². The summed E-state index contributed by atoms with van der Waals surface area (Å²) < 4.78 is 0. The van der Waals surface area contributed by atoms with E-state index in [1.54, 1.807) is 6.20 Å². The van der Waals surface area contributed by atoms with Crippen molar-refractivity contribution in [2.45, 2.75) is 31.6 Å². The van der Waals surface area contributed by atoms with E-state index in [9.17, 15) is 4.79 Å². The minimum absolute atomic E-state index is 0.133. The van der Waals surface area contributed by atoms with Crippen LogP contribution in [0.25, 0.3) is 0 Å². The summed E-state index contributed by atoms with van der Waals surface area (Å²) in [6.07, 6.45) is 3.89. The molecule has 0 atom stereocenters. The standard InChI is InChI=1S/C9H12N2O2/c1-6-5-10-11-8(6)9(2-3-9)4-7(12)13/h5H,2-4H2,1H3,(H,10,11)(H,12,13). The Morgan fingerprint density at radius 3 is 2.85 bits per heavy atom. The van der Waals surface area contributed by atoms with Crippen molar-refractivity contribution in [1.82, 2.24) is 10.2 Å². The summed E-state index contributed by atoms with van der Waals surface area (Å²) in [6, 6.07) is 0. The molecule has 1 heterocycles. The molecule has 0 aromatic carbocycles. The van der Waals surface area contributed by atoms with E-state index in [4.69, 9.17) is 5.11 Å². The second-order valence-corrected chi connectivity index (χ2v) is 3.78. The van der Waals surface area contributed by atoms with E-state index >= 15 is 0 Å². The van der Waals surface area contributed by atoms with Gasteiger partial charge in [0, 0.05) is 11.1 Å². The number of carboxylic acids is 1. The molecular weight excluding hydrogens is 168 g/mol. The molecule has 4 nitrogen and oxygen atoms in total. The van der Waals surface area contributed by atoms with Gasteiger partial charge in [0.25, 0.3) is 0 Å². The van der Waals surface area contributed by atoms with Crippen LogP contribution in [-0.4, -0.2) is 21.3 Å². The Kier molecular flexibility index (Phi) is 1.65. The summed E-state index contributed by atoms with van der Waals surface area (Å²) in [4.78, 5) is 10.6. The molecule has 0 amide bonds. The van der Waals surface area contributed by atoms with E-state index in [0.29, 0.717) is 0 Å². The average Bonchev–Trinajstić information content (AvgIpc) is 2.65. The molecule has 1 aromatic heterocycles. The Morgan fingerprint density at radius 2 is 2.46 bits per heavy atom. The van der Waals surface area contributed by atoms with Crippen LogP contribution in [0.1, 0.15) is 30.5 Å². The molecule has 0 aliphatic heterocycles. The largest absolute Gasteiger partial charge is 0.481 e. The molecule has 1 aliphatic rings. The normalized spacial score (nSPS) is 18.5. The second-order valence-electron chi connectivity index (χ2n) is 3.78. The third-order valence-corrected chi connectivity index (χ3v) is 2.70. The molecule has 13 heavy (non-hydrogen) atoms. The lowest BCUT2D eigenvalue weighted by molar-refractivity contribution is -0.137. The molecular formula is C9H12N2O2. The van der Waals surface area contributed by atoms with Crippen LogP contribution < -0.4 is 0 Å². The highest BCUT2D eigenvalue weighted by Crippen LogP contribution is 2.51. The summed E-state index contributed by atoms with van der Waals surface area (Å²) in [5, 5.41) is 15.6. The second kappa shape index (κ2) is 2.58. The summed E-state index contributed by atoms with van der Waals surface area (Å²) in [6.45, 7) is 1.96. The molecule has 0 bridgehead atoms. The minimum Gasteiger partial charge on any atom is -0.481 e. The molecule has 1 saturated carbocycles. The highest BCUT2D eigenvalue weighted by atomic mass is 16.4. The van der Waals surface area contributed by atoms with E-state index in [0.717, 1.165) is 24.1 Å². The van der Waals surface area contributed by atoms with Gasteiger partial charge in [-0.3, -0.25) is 9.89 Å². The van der Waals surface area contributed by atoms with Gasteiger partial charge in [0.05, 0.1) is 12.6 Å². The van der Waals surface area contributed by atoms with Crippen molar-refractivity contribution < 1.29 is 9.90 Å². The van der Waals surface area contributed by atoms with Gasteiger partial charge >= 0.3 is 5.97 Å². The molecule has 4 heteroatoms. The van der Waals surface area contributed by atoms with E-state index in [1.165, 1.54) is 0 Å². The van der Waals surface area contributed by atoms with Crippen LogP contribution in [0.15, 0.2) is 6.20 Å². The fourth-order valence-corrected chi connectivity index (χ4v) is 1.84. The molecule has 0 spiro atoms. The first-order chi connectivity index (χ1) is 6.14. The maximum Gasteiger partial charge on any atom is 0.304 e. The van der Waals surface area contributed by atoms with Crippen molar-refractivity contribution >= 4 is 5.97 Å². The van der Waals surface area contributed by atoms with Crippen LogP contribution in [0.2, 0.25) is 0 Å². The van der Waals surface area contributed by atoms with Gasteiger partial charge in [-0.15, -0.1) is 0 Å². The third kappa shape index (κ3) is 1.32. The fraction of sp³-hybridized carbons (Fsp3) is 0.556. The van der Waals surface area contributed by atoms with Gasteiger partial charge in [0.1, 0.15) is 0 Å². The predicted octanol–water partition coefficient (Wildman–Crippen LogP) is 1.22. The van der Waals surface area contributed by atoms with Crippen LogP contribution in [0.5, 0.6) is 0 Å². The Hall–Kier alpha value is -1.32. The SMILES string of the molecule is Cc1cn[nH]c1C1(CC(=O)O)CC1. The molecule has 0 unspecified atom stereocenters. The molecule has 2 N–H and O–H groups in total. The highest BCUT2D eigenvalue weighted by Gasteiger charge is 2.48. The summed E-state index contributed by atoms with van der Waals surface area (Å²) >= 11 is 0. The van der Waals surface area contributed by atoms with E-state index < -0.39 is 5.97 Å². The van der Waals surface area contributed by atoms with Crippen molar-refractivity contribution in [3.8, 4) is 0 Å². The van der Waals surface area contributed by atoms with Crippen LogP contribution in [0, 0.1) is 6.92 Å². The first-order valence-electron chi connectivity index (χ1n) is 4.36. The zero-order valence-electron chi connectivity index (χ0n) is 7.50. The maximum absolute atomic E-state index is 10.6. The van der Waals surface area contributed by atoms with Gasteiger partial charge in [0.2, 0.25) is 0 Å². The monoisotopic (exact) mass is 180 g/mol. The number of aliphatic carboxylic acids is 1. The van der Waals surface area contributed by atoms with E-state index in [-0.39, 0.29) is 11.8 Å². The van der Waals surface area contributed by atoms with Gasteiger partial charge < -0.3 is 5.11 Å². The smallest absolute Gasteiger partial charge is 0.304 e. The van der Waals surface area contributed by atoms with Crippen LogP contribution in [0.3, 0.4) is 0 Å². The van der Waals surface area contributed by atoms with Crippen LogP contribution in [-0.2, 0) is 10.2 Å². The van der Waals surface area contributed by atoms with Gasteiger partial charge in [0.15, 0.2) is 0 Å². The first kappa shape index (κ1) is 8.29. The molecule has 0 saturated heterocycles. The quantitative estimate of drug-likeness (QED) is 0.735. The number of aromatic amines is 1. The average molecular weight is 180 g/mol. The number of aromatic nitrogens is 2. The Balaban J connectivity index is 2.25. The van der Waals surface area contributed by atoms with Crippen molar-refractivity contribution in [3.63, 3.8) is 0 Å². The zero-order valence-corrected chi connectivity index (χ0v) is 7.50. The van der Waals surface area contributed by atoms with E-state index in [1.807, 2.05) is 6.92 Å². The van der Waals surface area contributed by atoms with Crippen LogP contribution in [0.4, 0.5) is 0 Å². The van der Waals surface area contributed by atoms with Gasteiger partial charge in [-0.2, -0.15) is 5.10 Å². The highest BCUT2D eigenvalue weighted by molar-refractivity contribution is 5.70. The number of carbonyl (C=O) groups is 1. The lowest BCUT2D eigenvalue weighted by Crippen LogP contribution is -2.14. The molecule has 2 rings (SSSR count). The zero-order chi connectivity index (χ0) is 9.47. The summed E-state index contributed by atoms with van der Waals surface area (Å²) in [5.74, 6) is -0.730. The Labute approximate surface area is 76.0 Å². The third-order valence-electron chi connectivity index (χ3n) is 2.70. The van der Waals surface area contributed by atoms with Crippen molar-refractivity contribution in [2.75, 3.05) is 0 Å². The Morgan fingerprint density at radius 1 is 1.77 bits per heavy atom. The molecule has 1 fully saturated rings. The molecule has 1 aromatic rings. The molecule has 1 aliphatic carbocycles. The van der Waals surface area contributed by atoms with Crippen molar-refractivity contribution in [1.29, 1.82) is 0 Å². The van der Waals surface area contributed by atoms with Gasteiger partial charge in [-0.05, 0) is 25.3 Å². The Bertz CT molecular complexity index is 339. The van der Waals surface area contributed by atoms with Gasteiger partial charge in [-0.1, -0.05) is 0 Å². The number of hydrogen-bond donors (Lipinski definition) is 2. The lowest BCUT2D eigenvalue weighted by atomic mass is 9.96. The van der Waals surface area contributed by atoms with Crippen LogP contribution >= 0.6 is 0 Å². The number of nitrogens with one attached hydrogen (secondary N) is 1. The summed E-state index contributed by atoms with van der Waals surface area (Å²) in [7, 11) is 0. The maximum atomic E-state index is 10.6. The lowest BCUT2D eigenvalue weighted by Gasteiger charge is -2.10. The predicted molar refractivity (Wildman–Crippen MR) is 46.5 cm³/mol. The molecule has 70 valence electrons. The topological polar surface area (TPSA) is 66.0 Å². The number of carboxylic acid groups (broad SMARTS) is 1. The number of nitrogens with zero attached hydrogens (tertiary/aromatic N) is 1. The number of hydrogen-bond acceptors (Lipinski definition) is 2. The minimum atomic E-state index is -0.730. The number of aryl methyl sites for hydroxylation is 1. The number of rotatable bonds is 3. The van der Waals surface area contributed by atoms with Crippen molar-refractivity contribution in [3.05, 3.63) is 17.5 Å². The van der Waals surface area contributed by atoms with Gasteiger partial charge in [-0.25, -0.2) is 0 Å². The number of H-pyrrole nitrogens is 1.